The number of carbonyl (C=O) groups excluding carboxylic acids is 3. The van der Waals surface area contributed by atoms with Gasteiger partial charge in [-0.15, -0.1) is 0 Å². The fourth-order valence-electron chi connectivity index (χ4n) is 5.83. The largest absolute Gasteiger partial charge is 0.457 e. The van der Waals surface area contributed by atoms with E-state index in [2.05, 4.69) is 24.5 Å². The van der Waals surface area contributed by atoms with Gasteiger partial charge < -0.3 is 24.3 Å². The molecule has 10 nitrogen and oxygen atoms in total. The molecule has 3 aromatic rings. The summed E-state index contributed by atoms with van der Waals surface area (Å²) < 4.78 is 12.6. The number of hydrogen-bond acceptors (Lipinski definition) is 7. The van der Waals surface area contributed by atoms with Crippen molar-refractivity contribution in [3.63, 3.8) is 0 Å². The molecule has 41 heavy (non-hydrogen) atoms. The number of cyclic esters (lactones) is 1. The average molecular weight is 577 g/mol. The lowest BCUT2D eigenvalue weighted by Crippen LogP contribution is -2.47. The number of nitrogens with zero attached hydrogens (tertiary/aromatic N) is 3. The third-order valence-electron chi connectivity index (χ3n) is 8.18. The van der Waals surface area contributed by atoms with E-state index in [1.54, 1.807) is 31.7 Å². The van der Waals surface area contributed by atoms with Crippen molar-refractivity contribution < 1.29 is 23.9 Å². The molecule has 1 N–H and O–H groups in total. The molecule has 0 unspecified atom stereocenters. The molecule has 0 aliphatic carbocycles. The predicted molar refractivity (Wildman–Crippen MR) is 157 cm³/mol. The van der Waals surface area contributed by atoms with E-state index in [1.165, 1.54) is 11.8 Å². The van der Waals surface area contributed by atoms with E-state index in [0.29, 0.717) is 35.2 Å². The lowest BCUT2D eigenvalue weighted by Gasteiger charge is -2.35. The highest BCUT2D eigenvalue weighted by Gasteiger charge is 2.50. The highest BCUT2D eigenvalue weighted by Crippen LogP contribution is 2.42. The number of benzene rings is 1. The molecule has 0 saturated heterocycles. The Bertz CT molecular complexity index is 1650. The molecule has 1 atom stereocenters. The van der Waals surface area contributed by atoms with Crippen LogP contribution in [0.3, 0.4) is 0 Å². The van der Waals surface area contributed by atoms with Gasteiger partial charge in [0.15, 0.2) is 0 Å². The number of ether oxygens (including phenoxy) is 2. The number of pyridine rings is 2. The minimum absolute atomic E-state index is 0.0982. The van der Waals surface area contributed by atoms with Gasteiger partial charge in [-0.1, -0.05) is 44.3 Å². The molecule has 1 aromatic carbocycles. The number of fused-ring (bicyclic) bond motifs is 5. The monoisotopic (exact) mass is 576 g/mol. The predicted octanol–water partition coefficient (Wildman–Crippen LogP) is 3.71. The maximum Gasteiger partial charge on any atom is 0.355 e. The van der Waals surface area contributed by atoms with Crippen LogP contribution in [-0.4, -0.2) is 60.8 Å². The van der Waals surface area contributed by atoms with Crippen molar-refractivity contribution in [3.8, 4) is 11.4 Å². The molecular formula is C30H36N4O6Si. The Morgan fingerprint density at radius 1 is 1.20 bits per heavy atom. The summed E-state index contributed by atoms with van der Waals surface area (Å²) in [5.74, 6) is -1.30. The summed E-state index contributed by atoms with van der Waals surface area (Å²) in [5, 5.41) is 4.09. The van der Waals surface area contributed by atoms with Gasteiger partial charge in [-0.05, 0) is 30.5 Å². The molecule has 2 amide bonds. The van der Waals surface area contributed by atoms with E-state index >= 15 is 0 Å². The van der Waals surface area contributed by atoms with Crippen molar-refractivity contribution >= 4 is 36.9 Å². The topological polar surface area (TPSA) is 120 Å². The van der Waals surface area contributed by atoms with Crippen LogP contribution in [0, 0.1) is 0 Å². The smallest absolute Gasteiger partial charge is 0.355 e. The van der Waals surface area contributed by atoms with Crippen molar-refractivity contribution in [3.05, 3.63) is 62.9 Å². The fourth-order valence-corrected chi connectivity index (χ4v) is 7.56. The van der Waals surface area contributed by atoms with E-state index in [-0.39, 0.29) is 24.6 Å². The number of amides is 2. The van der Waals surface area contributed by atoms with Crippen LogP contribution in [0.15, 0.2) is 35.1 Å². The molecule has 2 aliphatic heterocycles. The Hall–Kier alpha value is -3.99. The molecule has 5 rings (SSSR count). The molecular weight excluding hydrogens is 540 g/mol. The van der Waals surface area contributed by atoms with Crippen LogP contribution in [0.1, 0.15) is 42.5 Å². The lowest BCUT2D eigenvalue weighted by atomic mass is 9.85. The van der Waals surface area contributed by atoms with E-state index < -0.39 is 25.6 Å². The molecule has 0 radical (unpaired) electrons. The summed E-state index contributed by atoms with van der Waals surface area (Å²) in [5.41, 5.74) is 2.98. The number of carbonyl (C=O) groups is 3. The zero-order valence-electron chi connectivity index (χ0n) is 24.4. The summed E-state index contributed by atoms with van der Waals surface area (Å²) in [4.78, 5) is 57.6. The first-order chi connectivity index (χ1) is 19.4. The maximum absolute atomic E-state index is 13.9. The Balaban J connectivity index is 1.61. The van der Waals surface area contributed by atoms with Crippen LogP contribution in [0.25, 0.3) is 22.3 Å². The third kappa shape index (κ3) is 4.92. The Morgan fingerprint density at radius 2 is 1.93 bits per heavy atom. The number of urea groups is 1. The quantitative estimate of drug-likeness (QED) is 0.263. The minimum atomic E-state index is -1.82. The number of aromatic nitrogens is 2. The number of esters is 2. The molecule has 216 valence electrons. The summed E-state index contributed by atoms with van der Waals surface area (Å²) in [6, 6.07) is 10.6. The van der Waals surface area contributed by atoms with Gasteiger partial charge in [-0.3, -0.25) is 9.59 Å². The first kappa shape index (κ1) is 28.5. The average Bonchev–Trinajstić information content (AvgIpc) is 3.29. The third-order valence-corrected chi connectivity index (χ3v) is 10.9. The lowest BCUT2D eigenvalue weighted by molar-refractivity contribution is -0.188. The Morgan fingerprint density at radius 3 is 2.61 bits per heavy atom. The first-order valence-corrected chi connectivity index (χ1v) is 17.3. The molecule has 0 bridgehead atoms. The molecule has 4 heterocycles. The van der Waals surface area contributed by atoms with Gasteiger partial charge in [0.1, 0.15) is 6.61 Å². The summed E-state index contributed by atoms with van der Waals surface area (Å²) in [7, 11) is 1.63. The Labute approximate surface area is 239 Å². The maximum atomic E-state index is 13.9. The van der Waals surface area contributed by atoms with Gasteiger partial charge in [-0.2, -0.15) is 0 Å². The number of para-hydroxylation sites is 1. The minimum Gasteiger partial charge on any atom is -0.457 e. The van der Waals surface area contributed by atoms with Crippen LogP contribution in [0.5, 0.6) is 0 Å². The van der Waals surface area contributed by atoms with E-state index in [4.69, 9.17) is 14.5 Å². The van der Waals surface area contributed by atoms with Gasteiger partial charge in [-0.25, -0.2) is 14.6 Å². The molecule has 2 aliphatic rings. The SMILES string of the molecule is CC[C@@]1(OC(C)=O)C(=O)OCc2c1cc1n(c2=O)Cc2c-1nc1ccccc1c2CC[Si](C)(C)CNC(=O)N(C)C. The van der Waals surface area contributed by atoms with Gasteiger partial charge in [0.2, 0.25) is 5.60 Å². The van der Waals surface area contributed by atoms with Gasteiger partial charge in [0, 0.05) is 43.7 Å². The van der Waals surface area contributed by atoms with Crippen molar-refractivity contribution in [1.29, 1.82) is 0 Å². The van der Waals surface area contributed by atoms with Crippen molar-refractivity contribution in [2.24, 2.45) is 0 Å². The summed E-state index contributed by atoms with van der Waals surface area (Å²) >= 11 is 0. The van der Waals surface area contributed by atoms with Crippen molar-refractivity contribution in [2.45, 2.75) is 64.6 Å². The Kier molecular flexibility index (Phi) is 7.27. The second kappa shape index (κ2) is 10.4. The second-order valence-corrected chi connectivity index (χ2v) is 17.0. The molecule has 2 aromatic heterocycles. The molecule has 0 spiro atoms. The number of aryl methyl sites for hydroxylation is 1. The van der Waals surface area contributed by atoms with Crippen LogP contribution >= 0.6 is 0 Å². The van der Waals surface area contributed by atoms with E-state index in [9.17, 15) is 19.2 Å². The van der Waals surface area contributed by atoms with Gasteiger partial charge >= 0.3 is 18.0 Å². The number of hydrogen-bond donors (Lipinski definition) is 1. The normalized spacial score (nSPS) is 17.4. The molecule has 11 heteroatoms. The van der Waals surface area contributed by atoms with Crippen LogP contribution in [0.4, 0.5) is 4.79 Å². The number of nitrogens with one attached hydrogen (secondary N) is 1. The molecule has 0 fully saturated rings. The number of rotatable bonds is 7. The van der Waals surface area contributed by atoms with E-state index in [1.807, 2.05) is 18.2 Å². The summed E-state index contributed by atoms with van der Waals surface area (Å²) in [6.45, 7) is 7.67. The van der Waals surface area contributed by atoms with Crippen LogP contribution in [0.2, 0.25) is 19.1 Å². The second-order valence-electron chi connectivity index (χ2n) is 11.8. The molecule has 0 saturated carbocycles. The highest BCUT2D eigenvalue weighted by molar-refractivity contribution is 6.77. The van der Waals surface area contributed by atoms with Crippen molar-refractivity contribution in [2.75, 3.05) is 20.3 Å². The van der Waals surface area contributed by atoms with Crippen LogP contribution in [-0.2, 0) is 44.2 Å². The summed E-state index contributed by atoms with van der Waals surface area (Å²) in [6.07, 6.45) is 1.57. The van der Waals surface area contributed by atoms with E-state index in [0.717, 1.165) is 34.5 Å². The van der Waals surface area contributed by atoms with Gasteiger partial charge in [0.05, 0.1) is 37.1 Å². The fraction of sp³-hybridized carbons (Fsp3) is 0.433. The van der Waals surface area contributed by atoms with Crippen molar-refractivity contribution in [1.82, 2.24) is 19.8 Å². The van der Waals surface area contributed by atoms with Gasteiger partial charge in [0.25, 0.3) is 5.56 Å². The first-order valence-electron chi connectivity index (χ1n) is 13.9. The standard InChI is InChI=1S/C30H36N4O6Si/c1-7-30(40-18(2)35)23-14-25-26-21(15-34(25)27(36)22(23)16-39-28(30)37)19(20-10-8-9-11-24(20)32-26)12-13-41(5,6)17-31-29(38)33(3)4/h8-11,14H,7,12-13,15-17H2,1-6H3,(H,31,38)/t30-/m0/s1. The highest BCUT2D eigenvalue weighted by atomic mass is 28.3. The zero-order chi connectivity index (χ0) is 29.7. The van der Waals surface area contributed by atoms with Crippen LogP contribution < -0.4 is 10.9 Å². The zero-order valence-corrected chi connectivity index (χ0v) is 25.4.